The highest BCUT2D eigenvalue weighted by atomic mass is 127. The van der Waals surface area contributed by atoms with Gasteiger partial charge in [0, 0.05) is 6.07 Å². The molecule has 0 aliphatic rings. The van der Waals surface area contributed by atoms with E-state index < -0.39 is 0 Å². The van der Waals surface area contributed by atoms with E-state index >= 15 is 0 Å². The van der Waals surface area contributed by atoms with Crippen LogP contribution in [0.1, 0.15) is 5.56 Å². The van der Waals surface area contributed by atoms with Gasteiger partial charge in [-0.3, -0.25) is 0 Å². The van der Waals surface area contributed by atoms with Crippen LogP contribution in [0.5, 0.6) is 0 Å². The summed E-state index contributed by atoms with van der Waals surface area (Å²) in [4.78, 5) is 0. The molecule has 0 N–H and O–H groups in total. The fourth-order valence-corrected chi connectivity index (χ4v) is 5.05. The molecule has 0 nitrogen and oxygen atoms in total. The van der Waals surface area contributed by atoms with Gasteiger partial charge < -0.3 is 0 Å². The Morgan fingerprint density at radius 1 is 1.21 bits per heavy atom. The zero-order valence-electron chi connectivity index (χ0n) is 7.63. The van der Waals surface area contributed by atoms with Crippen molar-refractivity contribution >= 4 is 11.3 Å². The van der Waals surface area contributed by atoms with Crippen molar-refractivity contribution < 1.29 is 25.6 Å². The van der Waals surface area contributed by atoms with Crippen molar-refractivity contribution in [2.75, 3.05) is 0 Å². The van der Waals surface area contributed by atoms with E-state index in [1.54, 1.807) is 11.3 Å². The molecule has 2 aromatic rings. The van der Waals surface area contributed by atoms with Crippen LogP contribution in [0, 0.1) is 19.2 Å². The molecule has 14 heavy (non-hydrogen) atoms. The standard InChI is InChI=1S/C11H9FIS/c1-8-6-11(14-7-8)13-10-4-2-9(12)3-5-10/h2-7H,1H3/q+1. The van der Waals surface area contributed by atoms with E-state index in [1.165, 1.54) is 24.2 Å². The minimum atomic E-state index is -0.153. The van der Waals surface area contributed by atoms with Gasteiger partial charge in [0.2, 0.25) is 2.88 Å². The summed E-state index contributed by atoms with van der Waals surface area (Å²) >= 11 is 1.69. The second-order valence-corrected chi connectivity index (χ2v) is 7.55. The van der Waals surface area contributed by atoms with Crippen molar-refractivity contribution in [3.05, 3.63) is 53.5 Å². The quantitative estimate of drug-likeness (QED) is 0.700. The van der Waals surface area contributed by atoms with E-state index in [-0.39, 0.29) is 27.0 Å². The van der Waals surface area contributed by atoms with E-state index in [2.05, 4.69) is 18.4 Å². The topological polar surface area (TPSA) is 0 Å². The van der Waals surface area contributed by atoms with Crippen LogP contribution in [0.4, 0.5) is 4.39 Å². The minimum Gasteiger partial charge on any atom is -0.207 e. The van der Waals surface area contributed by atoms with Crippen LogP contribution in [0.2, 0.25) is 0 Å². The molecule has 0 saturated heterocycles. The van der Waals surface area contributed by atoms with Gasteiger partial charge >= 0.3 is 21.2 Å². The Morgan fingerprint density at radius 2 is 1.93 bits per heavy atom. The number of benzene rings is 1. The van der Waals surface area contributed by atoms with Crippen LogP contribution < -0.4 is 21.2 Å². The molecular formula is C11H9FIS+. The smallest absolute Gasteiger partial charge is 0.207 e. The van der Waals surface area contributed by atoms with Gasteiger partial charge in [-0.2, -0.15) is 0 Å². The SMILES string of the molecule is Cc1csc([I+]c2ccc(F)cc2)c1. The molecule has 1 heterocycles. The normalized spacial score (nSPS) is 10.4. The lowest BCUT2D eigenvalue weighted by atomic mass is 10.4. The Kier molecular flexibility index (Phi) is 3.18. The van der Waals surface area contributed by atoms with Crippen molar-refractivity contribution in [1.82, 2.24) is 0 Å². The predicted molar refractivity (Wildman–Crippen MR) is 52.9 cm³/mol. The maximum Gasteiger partial charge on any atom is 0.369 e. The van der Waals surface area contributed by atoms with Crippen molar-refractivity contribution in [3.63, 3.8) is 0 Å². The molecule has 0 bridgehead atoms. The Morgan fingerprint density at radius 3 is 2.50 bits per heavy atom. The molecule has 1 aromatic heterocycles. The second kappa shape index (κ2) is 4.40. The van der Waals surface area contributed by atoms with E-state index in [0.29, 0.717) is 0 Å². The average Bonchev–Trinajstić information content (AvgIpc) is 2.56. The molecule has 0 atom stereocenters. The average molecular weight is 319 g/mol. The zero-order valence-corrected chi connectivity index (χ0v) is 10.6. The van der Waals surface area contributed by atoms with Crippen molar-refractivity contribution in [1.29, 1.82) is 0 Å². The van der Waals surface area contributed by atoms with Crippen molar-refractivity contribution in [3.8, 4) is 0 Å². The van der Waals surface area contributed by atoms with Gasteiger partial charge in [0.15, 0.2) is 3.57 Å². The molecule has 0 radical (unpaired) electrons. The molecule has 3 heteroatoms. The van der Waals surface area contributed by atoms with Crippen LogP contribution in [-0.2, 0) is 0 Å². The third kappa shape index (κ3) is 2.54. The van der Waals surface area contributed by atoms with Crippen molar-refractivity contribution in [2.24, 2.45) is 0 Å². The largest absolute Gasteiger partial charge is 0.369 e. The second-order valence-electron chi connectivity index (χ2n) is 2.96. The first kappa shape index (κ1) is 10.1. The summed E-state index contributed by atoms with van der Waals surface area (Å²) in [7, 11) is 0. The molecule has 1 aromatic carbocycles. The van der Waals surface area contributed by atoms with Gasteiger partial charge in [0.25, 0.3) is 0 Å². The summed E-state index contributed by atoms with van der Waals surface area (Å²) < 4.78 is 15.4. The van der Waals surface area contributed by atoms with Crippen molar-refractivity contribution in [2.45, 2.75) is 6.92 Å². The van der Waals surface area contributed by atoms with E-state index in [1.807, 2.05) is 12.1 Å². The first-order valence-electron chi connectivity index (χ1n) is 4.19. The zero-order chi connectivity index (χ0) is 9.97. The lowest BCUT2D eigenvalue weighted by molar-refractivity contribution is -0.591. The number of hydrogen-bond acceptors (Lipinski definition) is 1. The first-order valence-corrected chi connectivity index (χ1v) is 7.23. The minimum absolute atomic E-state index is 0.111. The molecule has 0 amide bonds. The van der Waals surface area contributed by atoms with Gasteiger partial charge in [-0.25, -0.2) is 4.39 Å². The highest BCUT2D eigenvalue weighted by Gasteiger charge is 2.16. The molecular weight excluding hydrogens is 310 g/mol. The predicted octanol–water partition coefficient (Wildman–Crippen LogP) is 0.324. The lowest BCUT2D eigenvalue weighted by Crippen LogP contribution is -3.61. The maximum absolute atomic E-state index is 12.6. The fraction of sp³-hybridized carbons (Fsp3) is 0.0909. The number of hydrogen-bond donors (Lipinski definition) is 0. The van der Waals surface area contributed by atoms with Gasteiger partial charge in [-0.1, -0.05) is 11.3 Å². The van der Waals surface area contributed by atoms with E-state index in [4.69, 9.17) is 0 Å². The Hall–Kier alpha value is -0.420. The Labute approximate surface area is 97.0 Å². The van der Waals surface area contributed by atoms with E-state index in [9.17, 15) is 4.39 Å². The molecule has 0 fully saturated rings. The summed E-state index contributed by atoms with van der Waals surface area (Å²) in [5.74, 6) is -0.153. The Balaban J connectivity index is 2.15. The summed E-state index contributed by atoms with van der Waals surface area (Å²) in [6.45, 7) is 2.11. The van der Waals surface area contributed by atoms with Gasteiger partial charge in [-0.05, 0) is 42.1 Å². The lowest BCUT2D eigenvalue weighted by Gasteiger charge is -1.84. The molecule has 0 spiro atoms. The Bertz CT molecular complexity index is 419. The third-order valence-electron chi connectivity index (χ3n) is 1.70. The number of halogens is 2. The molecule has 2 rings (SSSR count). The maximum atomic E-state index is 12.6. The van der Waals surface area contributed by atoms with Crippen LogP contribution in [-0.4, -0.2) is 0 Å². The highest BCUT2D eigenvalue weighted by molar-refractivity contribution is 7.07. The third-order valence-corrected chi connectivity index (χ3v) is 6.00. The van der Waals surface area contributed by atoms with E-state index in [0.717, 1.165) is 0 Å². The highest BCUT2D eigenvalue weighted by Crippen LogP contribution is 2.03. The molecule has 0 aliphatic carbocycles. The number of thiophene rings is 1. The fourth-order valence-electron chi connectivity index (χ4n) is 1.05. The van der Waals surface area contributed by atoms with Crippen LogP contribution in [0.15, 0.2) is 35.7 Å². The monoisotopic (exact) mass is 319 g/mol. The van der Waals surface area contributed by atoms with Gasteiger partial charge in [0.1, 0.15) is 5.82 Å². The summed E-state index contributed by atoms with van der Waals surface area (Å²) in [6.07, 6.45) is 0. The van der Waals surface area contributed by atoms with Crippen LogP contribution in [0.25, 0.3) is 0 Å². The molecule has 0 saturated carbocycles. The number of aryl methyl sites for hydroxylation is 1. The van der Waals surface area contributed by atoms with Gasteiger partial charge in [0.05, 0.1) is 0 Å². The summed E-state index contributed by atoms with van der Waals surface area (Å²) in [5.41, 5.74) is 1.33. The van der Waals surface area contributed by atoms with Gasteiger partial charge in [-0.15, -0.1) is 0 Å². The number of rotatable bonds is 2. The molecule has 0 unspecified atom stereocenters. The molecule has 72 valence electrons. The van der Waals surface area contributed by atoms with Crippen LogP contribution in [0.3, 0.4) is 0 Å². The first-order chi connectivity index (χ1) is 6.74. The molecule has 0 aliphatic heterocycles. The van der Waals surface area contributed by atoms with Crippen LogP contribution >= 0.6 is 11.3 Å². The summed E-state index contributed by atoms with van der Waals surface area (Å²) in [5, 5.41) is 2.17. The summed E-state index contributed by atoms with van der Waals surface area (Å²) in [6, 6.07) is 9.07.